The fourth-order valence-corrected chi connectivity index (χ4v) is 2.98. The third kappa shape index (κ3) is 3.52. The number of hydrogen-bond donors (Lipinski definition) is 1. The molecule has 8 nitrogen and oxygen atoms in total. The number of carbonyl (C=O) groups excluding carboxylic acids is 1. The molecule has 0 saturated carbocycles. The fraction of sp³-hybridized carbons (Fsp3) is 0.0588. The Morgan fingerprint density at radius 3 is 2.65 bits per heavy atom. The van der Waals surface area contributed by atoms with E-state index in [1.807, 2.05) is 24.3 Å². The van der Waals surface area contributed by atoms with Gasteiger partial charge in [0, 0.05) is 24.2 Å². The van der Waals surface area contributed by atoms with Gasteiger partial charge in [-0.15, -0.1) is 10.2 Å². The van der Waals surface area contributed by atoms with Gasteiger partial charge in [-0.3, -0.25) is 14.8 Å². The highest BCUT2D eigenvalue weighted by atomic mass is 32.2. The van der Waals surface area contributed by atoms with E-state index < -0.39 is 0 Å². The summed E-state index contributed by atoms with van der Waals surface area (Å²) in [4.78, 5) is 20.2. The summed E-state index contributed by atoms with van der Waals surface area (Å²) in [5.74, 6) is 0.0391. The summed E-state index contributed by atoms with van der Waals surface area (Å²) in [6.07, 6.45) is 6.70. The quantitative estimate of drug-likeness (QED) is 0.543. The van der Waals surface area contributed by atoms with E-state index in [4.69, 9.17) is 0 Å². The van der Waals surface area contributed by atoms with E-state index in [1.54, 1.807) is 41.4 Å². The van der Waals surface area contributed by atoms with Gasteiger partial charge in [-0.25, -0.2) is 0 Å². The maximum Gasteiger partial charge on any atom is 0.234 e. The van der Waals surface area contributed by atoms with Crippen molar-refractivity contribution in [2.45, 2.75) is 5.16 Å². The molecule has 4 rings (SSSR count). The van der Waals surface area contributed by atoms with Gasteiger partial charge in [0.15, 0.2) is 5.65 Å². The largest absolute Gasteiger partial charge is 0.324 e. The molecule has 0 atom stereocenters. The minimum Gasteiger partial charge on any atom is -0.324 e. The Bertz CT molecular complexity index is 1040. The van der Waals surface area contributed by atoms with E-state index in [2.05, 4.69) is 30.6 Å². The molecule has 0 aliphatic carbocycles. The second-order valence-electron chi connectivity index (χ2n) is 5.29. The van der Waals surface area contributed by atoms with Crippen LogP contribution in [0, 0.1) is 0 Å². The van der Waals surface area contributed by atoms with Crippen LogP contribution in [0.3, 0.4) is 0 Å². The summed E-state index contributed by atoms with van der Waals surface area (Å²) in [5, 5.41) is 16.1. The Morgan fingerprint density at radius 2 is 1.88 bits per heavy atom. The lowest BCUT2D eigenvalue weighted by Gasteiger charge is -2.04. The van der Waals surface area contributed by atoms with Gasteiger partial charge >= 0.3 is 0 Å². The van der Waals surface area contributed by atoms with Crippen LogP contribution >= 0.6 is 11.8 Å². The van der Waals surface area contributed by atoms with Crippen molar-refractivity contribution < 1.29 is 4.79 Å². The van der Waals surface area contributed by atoms with Crippen LogP contribution in [0.25, 0.3) is 16.9 Å². The van der Waals surface area contributed by atoms with E-state index in [9.17, 15) is 4.79 Å². The van der Waals surface area contributed by atoms with Crippen LogP contribution in [0.2, 0.25) is 0 Å². The lowest BCUT2D eigenvalue weighted by molar-refractivity contribution is -0.113. The van der Waals surface area contributed by atoms with Gasteiger partial charge in [0.1, 0.15) is 0 Å². The molecule has 128 valence electrons. The Labute approximate surface area is 152 Å². The first-order valence-corrected chi connectivity index (χ1v) is 8.74. The first kappa shape index (κ1) is 16.2. The van der Waals surface area contributed by atoms with Crippen molar-refractivity contribution in [3.63, 3.8) is 0 Å². The molecular formula is C17H13N7OS. The number of carbonyl (C=O) groups is 1. The van der Waals surface area contributed by atoms with Crippen LogP contribution in [-0.4, -0.2) is 41.4 Å². The summed E-state index contributed by atoms with van der Waals surface area (Å²) in [7, 11) is 0. The van der Waals surface area contributed by atoms with Gasteiger partial charge in [-0.2, -0.15) is 9.61 Å². The number of pyridine rings is 2. The monoisotopic (exact) mass is 363 g/mol. The Morgan fingerprint density at radius 1 is 1.04 bits per heavy atom. The number of rotatable bonds is 5. The average Bonchev–Trinajstić information content (AvgIpc) is 3.10. The maximum atomic E-state index is 12.1. The minimum atomic E-state index is -0.150. The van der Waals surface area contributed by atoms with Crippen LogP contribution in [0.1, 0.15) is 0 Å². The molecule has 0 aromatic carbocycles. The number of anilines is 1. The molecule has 4 aromatic rings. The highest BCUT2D eigenvalue weighted by Crippen LogP contribution is 2.20. The molecule has 1 amide bonds. The second kappa shape index (κ2) is 7.28. The van der Waals surface area contributed by atoms with Crippen LogP contribution in [0.4, 0.5) is 5.69 Å². The molecule has 0 spiro atoms. The summed E-state index contributed by atoms with van der Waals surface area (Å²) in [6, 6.07) is 11.0. The zero-order valence-electron chi connectivity index (χ0n) is 13.5. The van der Waals surface area contributed by atoms with Crippen molar-refractivity contribution >= 4 is 29.0 Å². The Hall–Kier alpha value is -3.33. The normalized spacial score (nSPS) is 10.8. The number of aromatic nitrogens is 6. The number of amides is 1. The van der Waals surface area contributed by atoms with Gasteiger partial charge in [0.25, 0.3) is 0 Å². The zero-order valence-corrected chi connectivity index (χ0v) is 14.3. The molecule has 0 radical (unpaired) electrons. The highest BCUT2D eigenvalue weighted by molar-refractivity contribution is 7.99. The van der Waals surface area contributed by atoms with Crippen LogP contribution in [0.15, 0.2) is 66.3 Å². The van der Waals surface area contributed by atoms with Gasteiger partial charge < -0.3 is 5.32 Å². The highest BCUT2D eigenvalue weighted by Gasteiger charge is 2.12. The van der Waals surface area contributed by atoms with Crippen molar-refractivity contribution in [3.05, 3.63) is 61.2 Å². The van der Waals surface area contributed by atoms with Crippen LogP contribution in [0.5, 0.6) is 0 Å². The van der Waals surface area contributed by atoms with Gasteiger partial charge in [0.2, 0.25) is 11.1 Å². The molecule has 0 bridgehead atoms. The smallest absolute Gasteiger partial charge is 0.234 e. The molecule has 0 unspecified atom stereocenters. The van der Waals surface area contributed by atoms with E-state index in [1.165, 1.54) is 11.8 Å². The van der Waals surface area contributed by atoms with E-state index in [0.717, 1.165) is 11.3 Å². The maximum absolute atomic E-state index is 12.1. The van der Waals surface area contributed by atoms with E-state index in [0.29, 0.717) is 16.5 Å². The van der Waals surface area contributed by atoms with Crippen LogP contribution < -0.4 is 5.32 Å². The standard InChI is InChI=1S/C17H13N7OS/c25-16(20-13-4-2-8-19-10-13)11-26-17-22-21-15-6-5-14(23-24(15)17)12-3-1-7-18-9-12/h1-10H,11H2,(H,20,25). The van der Waals surface area contributed by atoms with E-state index in [-0.39, 0.29) is 11.7 Å². The number of nitrogens with zero attached hydrogens (tertiary/aromatic N) is 6. The molecule has 9 heteroatoms. The Kier molecular flexibility index (Phi) is 4.52. The topological polar surface area (TPSA) is 98.0 Å². The Balaban J connectivity index is 1.50. The zero-order chi connectivity index (χ0) is 17.8. The van der Waals surface area contributed by atoms with Crippen LogP contribution in [-0.2, 0) is 4.79 Å². The summed E-state index contributed by atoms with van der Waals surface area (Å²) >= 11 is 1.27. The molecule has 1 N–H and O–H groups in total. The van der Waals surface area contributed by atoms with E-state index >= 15 is 0 Å². The lowest BCUT2D eigenvalue weighted by atomic mass is 10.2. The number of nitrogens with one attached hydrogen (secondary N) is 1. The second-order valence-corrected chi connectivity index (χ2v) is 6.23. The molecule has 0 aliphatic rings. The first-order valence-electron chi connectivity index (χ1n) is 7.75. The SMILES string of the molecule is O=C(CSc1nnc2ccc(-c3cccnc3)nn12)Nc1cccnc1. The summed E-state index contributed by atoms with van der Waals surface area (Å²) < 4.78 is 1.63. The molecule has 0 fully saturated rings. The summed E-state index contributed by atoms with van der Waals surface area (Å²) in [6.45, 7) is 0. The fourth-order valence-electron chi connectivity index (χ4n) is 2.29. The molecule has 0 aliphatic heterocycles. The summed E-state index contributed by atoms with van der Waals surface area (Å²) in [5.41, 5.74) is 2.93. The number of fused-ring (bicyclic) bond motifs is 1. The van der Waals surface area contributed by atoms with Crippen molar-refractivity contribution in [2.75, 3.05) is 11.1 Å². The van der Waals surface area contributed by atoms with Gasteiger partial charge in [-0.1, -0.05) is 11.8 Å². The van der Waals surface area contributed by atoms with Crippen molar-refractivity contribution in [1.82, 2.24) is 29.8 Å². The molecule has 0 saturated heterocycles. The van der Waals surface area contributed by atoms with Gasteiger partial charge in [0.05, 0.1) is 23.3 Å². The first-order chi connectivity index (χ1) is 12.8. The third-order valence-electron chi connectivity index (χ3n) is 3.47. The van der Waals surface area contributed by atoms with Crippen molar-refractivity contribution in [3.8, 4) is 11.3 Å². The van der Waals surface area contributed by atoms with Crippen molar-refractivity contribution in [1.29, 1.82) is 0 Å². The number of hydrogen-bond acceptors (Lipinski definition) is 7. The van der Waals surface area contributed by atoms with Crippen molar-refractivity contribution in [2.24, 2.45) is 0 Å². The van der Waals surface area contributed by atoms with Gasteiger partial charge in [-0.05, 0) is 36.4 Å². The lowest BCUT2D eigenvalue weighted by Crippen LogP contribution is -2.14. The predicted octanol–water partition coefficient (Wildman–Crippen LogP) is 2.31. The molecule has 4 heterocycles. The average molecular weight is 363 g/mol. The molecular weight excluding hydrogens is 350 g/mol. The number of thioether (sulfide) groups is 1. The third-order valence-corrected chi connectivity index (χ3v) is 4.39. The minimum absolute atomic E-state index is 0.150. The molecule has 26 heavy (non-hydrogen) atoms. The molecule has 4 aromatic heterocycles. The predicted molar refractivity (Wildman–Crippen MR) is 97.6 cm³/mol.